The van der Waals surface area contributed by atoms with E-state index in [1.165, 1.54) is 12.2 Å². The largest absolute Gasteiger partial charge is 0.395 e. The second-order valence-corrected chi connectivity index (χ2v) is 4.83. The maximum absolute atomic E-state index is 9.06. The zero-order valence-corrected chi connectivity index (χ0v) is 9.86. The van der Waals surface area contributed by atoms with Gasteiger partial charge in [0.2, 0.25) is 0 Å². The van der Waals surface area contributed by atoms with Gasteiger partial charge >= 0.3 is 0 Å². The Labute approximate surface area is 86.5 Å². The van der Waals surface area contributed by atoms with Gasteiger partial charge in [0, 0.05) is 12.1 Å². The molecule has 0 aliphatic heterocycles. The van der Waals surface area contributed by atoms with Crippen molar-refractivity contribution < 1.29 is 5.11 Å². The van der Waals surface area contributed by atoms with Crippen molar-refractivity contribution in [3.8, 4) is 0 Å². The van der Waals surface area contributed by atoms with E-state index in [-0.39, 0.29) is 12.6 Å². The molecule has 0 bridgehead atoms. The highest BCUT2D eigenvalue weighted by Crippen LogP contribution is 2.06. The highest BCUT2D eigenvalue weighted by Gasteiger charge is 2.07. The summed E-state index contributed by atoms with van der Waals surface area (Å²) in [6.45, 7) is 6.68. The van der Waals surface area contributed by atoms with Crippen molar-refractivity contribution in [2.75, 3.05) is 18.1 Å². The van der Waals surface area contributed by atoms with E-state index >= 15 is 0 Å². The summed E-state index contributed by atoms with van der Waals surface area (Å²) in [7, 11) is 0. The molecule has 0 aromatic rings. The Hall–Kier alpha value is 0.270. The normalized spacial score (nSPS) is 13.6. The molecular formula is C10H23NOS. The molecule has 2 N–H and O–H groups in total. The Morgan fingerprint density at radius 2 is 2.00 bits per heavy atom. The number of rotatable bonds is 8. The van der Waals surface area contributed by atoms with Gasteiger partial charge in [-0.05, 0) is 24.3 Å². The molecule has 0 rings (SSSR count). The minimum atomic E-state index is 0.255. The van der Waals surface area contributed by atoms with Crippen LogP contribution in [-0.2, 0) is 0 Å². The van der Waals surface area contributed by atoms with Gasteiger partial charge < -0.3 is 10.4 Å². The zero-order valence-electron chi connectivity index (χ0n) is 9.05. The van der Waals surface area contributed by atoms with Gasteiger partial charge in [0.05, 0.1) is 6.61 Å². The summed E-state index contributed by atoms with van der Waals surface area (Å²) in [6, 6.07) is 0.748. The maximum atomic E-state index is 9.06. The first kappa shape index (κ1) is 13.3. The standard InChI is InChI=1S/C10H23NOS/c1-4-6-13-7-5-10(8-12)11-9(2)3/h9-12H,4-8H2,1-3H3. The molecule has 3 heteroatoms. The quantitative estimate of drug-likeness (QED) is 0.593. The van der Waals surface area contributed by atoms with Crippen LogP contribution < -0.4 is 5.32 Å². The van der Waals surface area contributed by atoms with E-state index in [4.69, 9.17) is 5.11 Å². The molecule has 1 atom stereocenters. The Kier molecular flexibility index (Phi) is 9.03. The summed E-state index contributed by atoms with van der Waals surface area (Å²) in [6.07, 6.45) is 2.31. The van der Waals surface area contributed by atoms with Gasteiger partial charge in [-0.15, -0.1) is 0 Å². The molecule has 13 heavy (non-hydrogen) atoms. The van der Waals surface area contributed by atoms with Crippen molar-refractivity contribution in [3.05, 3.63) is 0 Å². The van der Waals surface area contributed by atoms with Gasteiger partial charge in [0.15, 0.2) is 0 Å². The SMILES string of the molecule is CCCSCCC(CO)NC(C)C. The molecule has 0 aliphatic rings. The monoisotopic (exact) mass is 205 g/mol. The molecule has 0 aromatic carbocycles. The molecule has 0 saturated carbocycles. The zero-order chi connectivity index (χ0) is 10.1. The molecule has 0 amide bonds. The molecule has 0 spiro atoms. The number of aliphatic hydroxyl groups excluding tert-OH is 1. The van der Waals surface area contributed by atoms with Crippen LogP contribution in [0.2, 0.25) is 0 Å². The van der Waals surface area contributed by atoms with E-state index in [2.05, 4.69) is 26.1 Å². The van der Waals surface area contributed by atoms with Crippen LogP contribution in [-0.4, -0.2) is 35.3 Å². The first-order valence-corrected chi connectivity index (χ1v) is 6.30. The van der Waals surface area contributed by atoms with Crippen molar-refractivity contribution in [3.63, 3.8) is 0 Å². The van der Waals surface area contributed by atoms with Crippen molar-refractivity contribution in [1.82, 2.24) is 5.32 Å². The van der Waals surface area contributed by atoms with E-state index in [9.17, 15) is 0 Å². The van der Waals surface area contributed by atoms with Crippen LogP contribution in [0.25, 0.3) is 0 Å². The van der Waals surface area contributed by atoms with Crippen LogP contribution in [0.4, 0.5) is 0 Å². The van der Waals surface area contributed by atoms with E-state index < -0.39 is 0 Å². The van der Waals surface area contributed by atoms with Crippen molar-refractivity contribution in [2.45, 2.75) is 45.7 Å². The highest BCUT2D eigenvalue weighted by molar-refractivity contribution is 7.99. The van der Waals surface area contributed by atoms with Crippen LogP contribution in [0.3, 0.4) is 0 Å². The molecule has 2 nitrogen and oxygen atoms in total. The highest BCUT2D eigenvalue weighted by atomic mass is 32.2. The number of hydrogen-bond acceptors (Lipinski definition) is 3. The van der Waals surface area contributed by atoms with Crippen LogP contribution in [0, 0.1) is 0 Å². The lowest BCUT2D eigenvalue weighted by molar-refractivity contribution is 0.232. The van der Waals surface area contributed by atoms with E-state index in [1.807, 2.05) is 11.8 Å². The Morgan fingerprint density at radius 3 is 2.46 bits per heavy atom. The Morgan fingerprint density at radius 1 is 1.31 bits per heavy atom. The molecular weight excluding hydrogens is 182 g/mol. The lowest BCUT2D eigenvalue weighted by Crippen LogP contribution is -2.37. The van der Waals surface area contributed by atoms with E-state index in [0.29, 0.717) is 6.04 Å². The third kappa shape index (κ3) is 8.60. The van der Waals surface area contributed by atoms with Gasteiger partial charge in [-0.3, -0.25) is 0 Å². The minimum absolute atomic E-state index is 0.255. The van der Waals surface area contributed by atoms with Crippen LogP contribution in [0.15, 0.2) is 0 Å². The molecule has 0 aromatic heterocycles. The van der Waals surface area contributed by atoms with Gasteiger partial charge in [-0.1, -0.05) is 20.8 Å². The number of aliphatic hydroxyl groups is 1. The molecule has 80 valence electrons. The lowest BCUT2D eigenvalue weighted by atomic mass is 10.2. The predicted molar refractivity (Wildman–Crippen MR) is 61.4 cm³/mol. The smallest absolute Gasteiger partial charge is 0.0585 e. The summed E-state index contributed by atoms with van der Waals surface area (Å²) in [4.78, 5) is 0. The van der Waals surface area contributed by atoms with Crippen LogP contribution in [0.5, 0.6) is 0 Å². The molecule has 0 aliphatic carbocycles. The number of nitrogens with one attached hydrogen (secondary N) is 1. The fourth-order valence-electron chi connectivity index (χ4n) is 1.17. The predicted octanol–water partition coefficient (Wildman–Crippen LogP) is 1.88. The second-order valence-electron chi connectivity index (χ2n) is 3.60. The summed E-state index contributed by atoms with van der Waals surface area (Å²) in [5, 5.41) is 12.4. The van der Waals surface area contributed by atoms with Gasteiger partial charge in [0.1, 0.15) is 0 Å². The average molecular weight is 205 g/mol. The Balaban J connectivity index is 3.36. The van der Waals surface area contributed by atoms with Gasteiger partial charge in [-0.25, -0.2) is 0 Å². The molecule has 0 heterocycles. The Bertz CT molecular complexity index is 109. The third-order valence-electron chi connectivity index (χ3n) is 1.75. The molecule has 0 saturated heterocycles. The van der Waals surface area contributed by atoms with Crippen LogP contribution >= 0.6 is 11.8 Å². The second kappa shape index (κ2) is 8.85. The van der Waals surface area contributed by atoms with E-state index in [1.54, 1.807) is 0 Å². The summed E-state index contributed by atoms with van der Waals surface area (Å²) < 4.78 is 0. The summed E-state index contributed by atoms with van der Waals surface area (Å²) in [5.74, 6) is 2.39. The van der Waals surface area contributed by atoms with Crippen LogP contribution in [0.1, 0.15) is 33.6 Å². The van der Waals surface area contributed by atoms with Crippen molar-refractivity contribution in [1.29, 1.82) is 0 Å². The number of thioether (sulfide) groups is 1. The topological polar surface area (TPSA) is 32.3 Å². The third-order valence-corrected chi connectivity index (χ3v) is 2.97. The molecule has 0 radical (unpaired) electrons. The first-order valence-electron chi connectivity index (χ1n) is 5.15. The van der Waals surface area contributed by atoms with Crippen molar-refractivity contribution in [2.24, 2.45) is 0 Å². The average Bonchev–Trinajstić information content (AvgIpc) is 2.09. The fourth-order valence-corrected chi connectivity index (χ4v) is 2.11. The van der Waals surface area contributed by atoms with Gasteiger partial charge in [0.25, 0.3) is 0 Å². The number of hydrogen-bond donors (Lipinski definition) is 2. The first-order chi connectivity index (χ1) is 6.20. The van der Waals surface area contributed by atoms with Gasteiger partial charge in [-0.2, -0.15) is 11.8 Å². The molecule has 0 fully saturated rings. The minimum Gasteiger partial charge on any atom is -0.395 e. The van der Waals surface area contributed by atoms with E-state index in [0.717, 1.165) is 12.2 Å². The fraction of sp³-hybridized carbons (Fsp3) is 1.00. The maximum Gasteiger partial charge on any atom is 0.0585 e. The lowest BCUT2D eigenvalue weighted by Gasteiger charge is -2.18. The summed E-state index contributed by atoms with van der Waals surface area (Å²) >= 11 is 1.97. The summed E-state index contributed by atoms with van der Waals surface area (Å²) in [5.41, 5.74) is 0. The molecule has 1 unspecified atom stereocenters. The van der Waals surface area contributed by atoms with Crippen molar-refractivity contribution >= 4 is 11.8 Å².